The molecule has 6 heteroatoms. The van der Waals surface area contributed by atoms with E-state index >= 15 is 0 Å². The monoisotopic (exact) mass is 314 g/mol. The van der Waals surface area contributed by atoms with Crippen molar-refractivity contribution in [1.82, 2.24) is 4.98 Å². The van der Waals surface area contributed by atoms with Gasteiger partial charge in [-0.2, -0.15) is 0 Å². The molecule has 0 unspecified atom stereocenters. The van der Waals surface area contributed by atoms with Crippen LogP contribution in [0, 0.1) is 0 Å². The zero-order valence-corrected chi connectivity index (χ0v) is 12.7. The summed E-state index contributed by atoms with van der Waals surface area (Å²) in [5.41, 5.74) is 1.55. The van der Waals surface area contributed by atoms with Crippen molar-refractivity contribution < 1.29 is 14.0 Å². The summed E-state index contributed by atoms with van der Waals surface area (Å²) in [6.07, 6.45) is 3.19. The third-order valence-electron chi connectivity index (χ3n) is 2.90. The third kappa shape index (κ3) is 3.35. The SMILES string of the molecule is COc1ccccc1/C=N\OCc1coc(-c2cccs2)n1. The minimum atomic E-state index is 0.251. The normalized spacial score (nSPS) is 11.0. The second-order valence-corrected chi connectivity index (χ2v) is 5.32. The molecule has 3 aromatic rings. The number of hydrogen-bond donors (Lipinski definition) is 0. The van der Waals surface area contributed by atoms with Gasteiger partial charge in [-0.15, -0.1) is 11.3 Å². The van der Waals surface area contributed by atoms with Gasteiger partial charge in [-0.05, 0) is 23.6 Å². The number of benzene rings is 1. The molecule has 5 nitrogen and oxygen atoms in total. The van der Waals surface area contributed by atoms with Crippen LogP contribution in [0.1, 0.15) is 11.3 Å². The van der Waals surface area contributed by atoms with Gasteiger partial charge in [-0.1, -0.05) is 23.4 Å². The van der Waals surface area contributed by atoms with E-state index in [0.29, 0.717) is 11.6 Å². The first-order valence-electron chi connectivity index (χ1n) is 6.63. The van der Waals surface area contributed by atoms with Gasteiger partial charge in [-0.3, -0.25) is 0 Å². The lowest BCUT2D eigenvalue weighted by molar-refractivity contribution is 0.129. The molecule has 0 saturated heterocycles. The van der Waals surface area contributed by atoms with Crippen molar-refractivity contribution in [1.29, 1.82) is 0 Å². The molecule has 3 rings (SSSR count). The summed E-state index contributed by atoms with van der Waals surface area (Å²) in [7, 11) is 1.62. The average Bonchev–Trinajstić information content (AvgIpc) is 3.23. The molecular formula is C16H14N2O3S. The van der Waals surface area contributed by atoms with Gasteiger partial charge in [0, 0.05) is 5.56 Å². The van der Waals surface area contributed by atoms with Crippen LogP contribution in [0.25, 0.3) is 10.8 Å². The second-order valence-electron chi connectivity index (χ2n) is 4.37. The first-order chi connectivity index (χ1) is 10.9. The molecular weight excluding hydrogens is 300 g/mol. The maximum Gasteiger partial charge on any atom is 0.236 e. The minimum absolute atomic E-state index is 0.251. The fourth-order valence-corrected chi connectivity index (χ4v) is 2.51. The summed E-state index contributed by atoms with van der Waals surface area (Å²) in [6.45, 7) is 0.251. The molecule has 0 amide bonds. The molecule has 0 radical (unpaired) electrons. The molecule has 0 N–H and O–H groups in total. The van der Waals surface area contributed by atoms with E-state index in [1.807, 2.05) is 41.8 Å². The molecule has 0 saturated carbocycles. The van der Waals surface area contributed by atoms with Crippen molar-refractivity contribution >= 4 is 17.6 Å². The first kappa shape index (κ1) is 14.3. The molecule has 0 spiro atoms. The van der Waals surface area contributed by atoms with Crippen molar-refractivity contribution in [3.05, 3.63) is 59.3 Å². The quantitative estimate of drug-likeness (QED) is 0.510. The largest absolute Gasteiger partial charge is 0.496 e. The Morgan fingerprint density at radius 1 is 1.27 bits per heavy atom. The van der Waals surface area contributed by atoms with E-state index in [0.717, 1.165) is 16.2 Å². The summed E-state index contributed by atoms with van der Waals surface area (Å²) in [6, 6.07) is 11.5. The summed E-state index contributed by atoms with van der Waals surface area (Å²) in [5, 5.41) is 5.91. The van der Waals surface area contributed by atoms with Crippen molar-refractivity contribution in [3.63, 3.8) is 0 Å². The van der Waals surface area contributed by atoms with Gasteiger partial charge in [0.2, 0.25) is 5.89 Å². The van der Waals surface area contributed by atoms with E-state index in [-0.39, 0.29) is 6.61 Å². The number of ether oxygens (including phenoxy) is 1. The van der Waals surface area contributed by atoms with Gasteiger partial charge in [0.25, 0.3) is 0 Å². The van der Waals surface area contributed by atoms with Gasteiger partial charge < -0.3 is 14.0 Å². The Morgan fingerprint density at radius 3 is 3.00 bits per heavy atom. The van der Waals surface area contributed by atoms with Crippen molar-refractivity contribution in [3.8, 4) is 16.5 Å². The number of oxime groups is 1. The van der Waals surface area contributed by atoms with Crippen molar-refractivity contribution in [2.45, 2.75) is 6.61 Å². The number of oxazole rings is 1. The summed E-state index contributed by atoms with van der Waals surface area (Å²) < 4.78 is 10.6. The highest BCUT2D eigenvalue weighted by Crippen LogP contribution is 2.23. The Bertz CT molecular complexity index is 750. The number of thiophene rings is 1. The van der Waals surface area contributed by atoms with E-state index in [2.05, 4.69) is 10.1 Å². The van der Waals surface area contributed by atoms with Gasteiger partial charge in [-0.25, -0.2) is 4.98 Å². The van der Waals surface area contributed by atoms with Crippen LogP contribution < -0.4 is 4.74 Å². The number of hydrogen-bond acceptors (Lipinski definition) is 6. The van der Waals surface area contributed by atoms with E-state index in [4.69, 9.17) is 14.0 Å². The van der Waals surface area contributed by atoms with Crippen LogP contribution in [-0.2, 0) is 11.4 Å². The molecule has 22 heavy (non-hydrogen) atoms. The molecule has 0 bridgehead atoms. The number of nitrogens with zero attached hydrogens (tertiary/aromatic N) is 2. The standard InChI is InChI=1S/C16H14N2O3S/c1-19-14-6-3-2-5-12(14)9-17-21-11-13-10-20-16(18-13)15-7-4-8-22-15/h2-10H,11H2,1H3/b17-9-. The van der Waals surface area contributed by atoms with E-state index in [1.165, 1.54) is 0 Å². The Balaban J connectivity index is 1.58. The fraction of sp³-hybridized carbons (Fsp3) is 0.125. The fourth-order valence-electron chi connectivity index (χ4n) is 1.86. The number of aromatic nitrogens is 1. The number of rotatable bonds is 6. The predicted octanol–water partition coefficient (Wildman–Crippen LogP) is 3.96. The van der Waals surface area contributed by atoms with Gasteiger partial charge in [0.05, 0.1) is 18.2 Å². The molecule has 0 atom stereocenters. The average molecular weight is 314 g/mol. The summed E-state index contributed by atoms with van der Waals surface area (Å²) in [4.78, 5) is 10.6. The maximum atomic E-state index is 5.41. The lowest BCUT2D eigenvalue weighted by atomic mass is 10.2. The molecule has 2 aromatic heterocycles. The highest BCUT2D eigenvalue weighted by molar-refractivity contribution is 7.13. The second kappa shape index (κ2) is 6.91. The van der Waals surface area contributed by atoms with Crippen LogP contribution in [0.2, 0.25) is 0 Å². The van der Waals surface area contributed by atoms with E-state index in [1.54, 1.807) is 30.9 Å². The summed E-state index contributed by atoms with van der Waals surface area (Å²) >= 11 is 1.58. The molecule has 0 aliphatic rings. The van der Waals surface area contributed by atoms with E-state index < -0.39 is 0 Å². The van der Waals surface area contributed by atoms with Gasteiger partial charge in [0.15, 0.2) is 6.61 Å². The van der Waals surface area contributed by atoms with Gasteiger partial charge in [0.1, 0.15) is 17.7 Å². The molecule has 0 fully saturated rings. The van der Waals surface area contributed by atoms with Crippen molar-refractivity contribution in [2.24, 2.45) is 5.16 Å². The Kier molecular flexibility index (Phi) is 4.50. The third-order valence-corrected chi connectivity index (χ3v) is 3.76. The smallest absolute Gasteiger partial charge is 0.236 e. The topological polar surface area (TPSA) is 56.9 Å². The molecule has 112 valence electrons. The lowest BCUT2D eigenvalue weighted by Gasteiger charge is -2.02. The molecule has 0 aliphatic heterocycles. The molecule has 2 heterocycles. The first-order valence-corrected chi connectivity index (χ1v) is 7.51. The van der Waals surface area contributed by atoms with E-state index in [9.17, 15) is 0 Å². The highest BCUT2D eigenvalue weighted by atomic mass is 32.1. The van der Waals surface area contributed by atoms with Crippen LogP contribution in [0.3, 0.4) is 0 Å². The zero-order chi connectivity index (χ0) is 15.2. The van der Waals surface area contributed by atoms with Crippen molar-refractivity contribution in [2.75, 3.05) is 7.11 Å². The number of para-hydroxylation sites is 1. The predicted molar refractivity (Wildman–Crippen MR) is 85.2 cm³/mol. The Morgan fingerprint density at radius 2 is 2.18 bits per heavy atom. The Hall–Kier alpha value is -2.60. The van der Waals surface area contributed by atoms with Crippen LogP contribution in [0.4, 0.5) is 0 Å². The van der Waals surface area contributed by atoms with Crippen LogP contribution in [0.5, 0.6) is 5.75 Å². The number of methoxy groups -OCH3 is 1. The van der Waals surface area contributed by atoms with Crippen LogP contribution in [-0.4, -0.2) is 18.3 Å². The summed E-state index contributed by atoms with van der Waals surface area (Å²) in [5.74, 6) is 1.35. The Labute approximate surface area is 131 Å². The van der Waals surface area contributed by atoms with Crippen LogP contribution in [0.15, 0.2) is 57.6 Å². The lowest BCUT2D eigenvalue weighted by Crippen LogP contribution is -1.92. The zero-order valence-electron chi connectivity index (χ0n) is 11.9. The minimum Gasteiger partial charge on any atom is -0.496 e. The maximum absolute atomic E-state index is 5.41. The molecule has 0 aliphatic carbocycles. The highest BCUT2D eigenvalue weighted by Gasteiger charge is 2.07. The van der Waals surface area contributed by atoms with Crippen LogP contribution >= 0.6 is 11.3 Å². The van der Waals surface area contributed by atoms with Gasteiger partial charge >= 0.3 is 0 Å². The molecule has 1 aromatic carbocycles.